The van der Waals surface area contributed by atoms with Crippen LogP contribution < -0.4 is 5.32 Å². The molecule has 7 N–H and O–H groups in total. The Balaban J connectivity index is 0.000000578. The number of aliphatic hydroxyl groups is 6. The maximum atomic E-state index is 11.9. The van der Waals surface area contributed by atoms with E-state index in [0.717, 1.165) is 29.9 Å². The number of rotatable bonds is 10. The number of aryl methyl sites for hydroxylation is 2. The molecule has 0 aliphatic heterocycles. The number of carbonyl (C=O) groups is 1. The molecule has 29 heavy (non-hydrogen) atoms. The van der Waals surface area contributed by atoms with E-state index in [1.165, 1.54) is 0 Å². The molecule has 0 unspecified atom stereocenters. The highest BCUT2D eigenvalue weighted by Crippen LogP contribution is 2.19. The first-order valence-electron chi connectivity index (χ1n) is 9.65. The Morgan fingerprint density at radius 1 is 0.931 bits per heavy atom. The van der Waals surface area contributed by atoms with Gasteiger partial charge in [0.05, 0.1) is 19.8 Å². The van der Waals surface area contributed by atoms with Crippen LogP contribution in [-0.2, 0) is 4.79 Å². The van der Waals surface area contributed by atoms with Gasteiger partial charge in [0.15, 0.2) is 0 Å². The van der Waals surface area contributed by atoms with Crippen LogP contribution in [0.5, 0.6) is 0 Å². The molecule has 4 atom stereocenters. The predicted octanol–water partition coefficient (Wildman–Crippen LogP) is -1.00. The standard InChI is InChI=1S/C14H22N2O.C6H14O6/c1-5-16(6-2)10-13(17)15-14-11(3)8-7-9-12(14)4;7-1-3(9)5(11)6(12)4(10)2-8/h7-9H,5-6,10H2,1-4H3,(H,15,17);3-12H,1-2H2/t;3-,4+,5-,6-/m.1/s1. The number of nitrogens with one attached hydrogen (secondary N) is 1. The summed E-state index contributed by atoms with van der Waals surface area (Å²) in [4.78, 5) is 14.0. The van der Waals surface area contributed by atoms with E-state index in [2.05, 4.69) is 24.1 Å². The number of likely N-dealkylation sites (N-methyl/N-ethyl adjacent to an activating group) is 1. The molecule has 0 aromatic heterocycles. The number of benzene rings is 1. The Kier molecular flexibility index (Phi) is 13.6. The van der Waals surface area contributed by atoms with Crippen molar-refractivity contribution >= 4 is 11.6 Å². The van der Waals surface area contributed by atoms with E-state index >= 15 is 0 Å². The highest BCUT2D eigenvalue weighted by molar-refractivity contribution is 5.93. The van der Waals surface area contributed by atoms with Crippen LogP contribution in [0.4, 0.5) is 5.69 Å². The second-order valence-electron chi connectivity index (χ2n) is 6.76. The topological polar surface area (TPSA) is 154 Å². The number of hydrogen-bond donors (Lipinski definition) is 7. The minimum atomic E-state index is -1.67. The zero-order valence-electron chi connectivity index (χ0n) is 17.6. The lowest BCUT2D eigenvalue weighted by molar-refractivity contribution is -0.123. The van der Waals surface area contributed by atoms with Crippen LogP contribution in [0.2, 0.25) is 0 Å². The van der Waals surface area contributed by atoms with Gasteiger partial charge in [0.25, 0.3) is 0 Å². The zero-order chi connectivity index (χ0) is 22.6. The molecule has 9 heteroatoms. The van der Waals surface area contributed by atoms with Gasteiger partial charge in [-0.05, 0) is 38.1 Å². The summed E-state index contributed by atoms with van der Waals surface area (Å²) in [5, 5.41) is 55.2. The van der Waals surface area contributed by atoms with Gasteiger partial charge in [0.2, 0.25) is 5.91 Å². The van der Waals surface area contributed by atoms with Crippen LogP contribution in [0.1, 0.15) is 25.0 Å². The Morgan fingerprint density at radius 3 is 1.69 bits per heavy atom. The summed E-state index contributed by atoms with van der Waals surface area (Å²) in [5.74, 6) is 0.0612. The molecule has 168 valence electrons. The van der Waals surface area contributed by atoms with E-state index < -0.39 is 37.6 Å². The predicted molar refractivity (Wildman–Crippen MR) is 111 cm³/mol. The largest absolute Gasteiger partial charge is 0.394 e. The third kappa shape index (κ3) is 9.64. The molecule has 1 amide bonds. The Hall–Kier alpha value is -1.59. The minimum Gasteiger partial charge on any atom is -0.394 e. The molecular weight excluding hydrogens is 380 g/mol. The molecule has 9 nitrogen and oxygen atoms in total. The second-order valence-corrected chi connectivity index (χ2v) is 6.76. The molecule has 1 aromatic rings. The Morgan fingerprint density at radius 2 is 1.34 bits per heavy atom. The van der Waals surface area contributed by atoms with Crippen molar-refractivity contribution in [2.75, 3.05) is 38.2 Å². The summed E-state index contributed by atoms with van der Waals surface area (Å²) in [6, 6.07) is 6.03. The SMILES string of the molecule is CCN(CC)CC(=O)Nc1c(C)cccc1C.OC[C@@H](O)[C@@H](O)[C@H](O)[C@@H](O)CO. The van der Waals surface area contributed by atoms with Crippen molar-refractivity contribution in [1.29, 1.82) is 0 Å². The van der Waals surface area contributed by atoms with Gasteiger partial charge in [-0.25, -0.2) is 0 Å². The smallest absolute Gasteiger partial charge is 0.238 e. The maximum Gasteiger partial charge on any atom is 0.238 e. The molecule has 0 spiro atoms. The fourth-order valence-electron chi connectivity index (χ4n) is 2.51. The van der Waals surface area contributed by atoms with E-state index in [1.807, 2.05) is 32.0 Å². The number of para-hydroxylation sites is 1. The molecule has 0 bridgehead atoms. The molecule has 1 aromatic carbocycles. The van der Waals surface area contributed by atoms with E-state index in [0.29, 0.717) is 6.54 Å². The van der Waals surface area contributed by atoms with Gasteiger partial charge in [-0.3, -0.25) is 9.69 Å². The van der Waals surface area contributed by atoms with Gasteiger partial charge in [0, 0.05) is 5.69 Å². The maximum absolute atomic E-state index is 11.9. The number of anilines is 1. The normalized spacial score (nSPS) is 15.1. The van der Waals surface area contributed by atoms with Gasteiger partial charge < -0.3 is 36.0 Å². The monoisotopic (exact) mass is 416 g/mol. The van der Waals surface area contributed by atoms with Gasteiger partial charge in [-0.2, -0.15) is 0 Å². The van der Waals surface area contributed by atoms with E-state index in [1.54, 1.807) is 0 Å². The Labute approximate surface area is 172 Å². The first-order valence-corrected chi connectivity index (χ1v) is 9.65. The van der Waals surface area contributed by atoms with Crippen LogP contribution in [-0.4, -0.2) is 98.7 Å². The van der Waals surface area contributed by atoms with Crippen molar-refractivity contribution in [3.05, 3.63) is 29.3 Å². The molecule has 0 aliphatic carbocycles. The lowest BCUT2D eigenvalue weighted by Gasteiger charge is -2.24. The zero-order valence-corrected chi connectivity index (χ0v) is 17.6. The van der Waals surface area contributed by atoms with Crippen molar-refractivity contribution in [2.24, 2.45) is 0 Å². The Bertz CT molecular complexity index is 562. The molecular formula is C20H36N2O7. The van der Waals surface area contributed by atoms with Gasteiger partial charge in [0.1, 0.15) is 24.4 Å². The van der Waals surface area contributed by atoms with Crippen molar-refractivity contribution < 1.29 is 35.4 Å². The lowest BCUT2D eigenvalue weighted by atomic mass is 10.0. The number of hydrogen-bond acceptors (Lipinski definition) is 8. The minimum absolute atomic E-state index is 0.0612. The second kappa shape index (κ2) is 14.4. The molecule has 0 saturated heterocycles. The summed E-state index contributed by atoms with van der Waals surface area (Å²) < 4.78 is 0. The highest BCUT2D eigenvalue weighted by atomic mass is 16.4. The molecule has 0 aliphatic rings. The lowest BCUT2D eigenvalue weighted by Crippen LogP contribution is -2.46. The van der Waals surface area contributed by atoms with Crippen LogP contribution in [0.25, 0.3) is 0 Å². The number of aliphatic hydroxyl groups excluding tert-OH is 6. The highest BCUT2D eigenvalue weighted by Gasteiger charge is 2.29. The molecule has 0 heterocycles. The molecule has 0 fully saturated rings. The van der Waals surface area contributed by atoms with E-state index in [9.17, 15) is 4.79 Å². The fraction of sp³-hybridized carbons (Fsp3) is 0.650. The van der Waals surface area contributed by atoms with E-state index in [-0.39, 0.29) is 5.91 Å². The first kappa shape index (κ1) is 27.4. The summed E-state index contributed by atoms with van der Waals surface area (Å²) >= 11 is 0. The quantitative estimate of drug-likeness (QED) is 0.256. The third-order valence-corrected chi connectivity index (χ3v) is 4.52. The summed E-state index contributed by atoms with van der Waals surface area (Å²) in [7, 11) is 0. The first-order chi connectivity index (χ1) is 13.6. The van der Waals surface area contributed by atoms with Gasteiger partial charge in [-0.15, -0.1) is 0 Å². The van der Waals surface area contributed by atoms with Crippen molar-refractivity contribution in [2.45, 2.75) is 52.1 Å². The van der Waals surface area contributed by atoms with Crippen molar-refractivity contribution in [3.8, 4) is 0 Å². The summed E-state index contributed by atoms with van der Waals surface area (Å²) in [6.45, 7) is 8.96. The van der Waals surface area contributed by atoms with Crippen LogP contribution in [0, 0.1) is 13.8 Å². The molecule has 0 saturated carbocycles. The summed E-state index contributed by atoms with van der Waals surface area (Å²) in [6.07, 6.45) is -6.39. The van der Waals surface area contributed by atoms with Crippen LogP contribution in [0.15, 0.2) is 18.2 Å². The molecule has 0 radical (unpaired) electrons. The number of carbonyl (C=O) groups excluding carboxylic acids is 1. The van der Waals surface area contributed by atoms with E-state index in [4.69, 9.17) is 30.6 Å². The van der Waals surface area contributed by atoms with Crippen molar-refractivity contribution in [3.63, 3.8) is 0 Å². The average molecular weight is 417 g/mol. The van der Waals surface area contributed by atoms with Crippen LogP contribution >= 0.6 is 0 Å². The number of nitrogens with zero attached hydrogens (tertiary/aromatic N) is 1. The molecule has 1 rings (SSSR count). The average Bonchev–Trinajstić information content (AvgIpc) is 2.72. The summed E-state index contributed by atoms with van der Waals surface area (Å²) in [5.41, 5.74) is 3.17. The van der Waals surface area contributed by atoms with Gasteiger partial charge in [-0.1, -0.05) is 32.0 Å². The van der Waals surface area contributed by atoms with Gasteiger partial charge >= 0.3 is 0 Å². The number of amides is 1. The third-order valence-electron chi connectivity index (χ3n) is 4.52. The van der Waals surface area contributed by atoms with Crippen molar-refractivity contribution in [1.82, 2.24) is 4.90 Å². The van der Waals surface area contributed by atoms with Crippen LogP contribution in [0.3, 0.4) is 0 Å². The fourth-order valence-corrected chi connectivity index (χ4v) is 2.51.